The lowest BCUT2D eigenvalue weighted by atomic mass is 10.1. The van der Waals surface area contributed by atoms with Crippen LogP contribution >= 0.6 is 0 Å². The molecule has 2 N–H and O–H groups in total. The van der Waals surface area contributed by atoms with Gasteiger partial charge in [-0.2, -0.15) is 0 Å². The number of anilines is 1. The van der Waals surface area contributed by atoms with Crippen LogP contribution in [0.5, 0.6) is 5.75 Å². The number of rotatable bonds is 8. The number of nitrogens with one attached hydrogen (secondary N) is 1. The molecule has 9 nitrogen and oxygen atoms in total. The number of aromatic nitrogens is 3. The third-order valence-corrected chi connectivity index (χ3v) is 7.06. The minimum Gasteiger partial charge on any atom is -0.506 e. The van der Waals surface area contributed by atoms with Gasteiger partial charge in [0.1, 0.15) is 17.7 Å². The highest BCUT2D eigenvalue weighted by Gasteiger charge is 2.23. The number of nitrogens with zero attached hydrogens (tertiary/aromatic N) is 5. The zero-order valence-corrected chi connectivity index (χ0v) is 20.3. The Labute approximate surface area is 205 Å². The molecule has 186 valence electrons. The molecule has 3 aromatic rings. The van der Waals surface area contributed by atoms with Crippen LogP contribution in [0.2, 0.25) is 0 Å². The van der Waals surface area contributed by atoms with Gasteiger partial charge in [-0.25, -0.2) is 4.98 Å². The molecule has 2 aromatic heterocycles. The topological polar surface area (TPSA) is 95.8 Å². The third kappa shape index (κ3) is 5.63. The number of aromatic hydroxyl groups is 1. The molecule has 0 saturated carbocycles. The van der Waals surface area contributed by atoms with E-state index >= 15 is 0 Å². The Morgan fingerprint density at radius 2 is 1.80 bits per heavy atom. The number of imidazole rings is 1. The van der Waals surface area contributed by atoms with Crippen LogP contribution in [-0.2, 0) is 11.3 Å². The van der Waals surface area contributed by atoms with Crippen molar-refractivity contribution in [1.29, 1.82) is 0 Å². The number of pyridine rings is 1. The van der Waals surface area contributed by atoms with Gasteiger partial charge < -0.3 is 24.6 Å². The van der Waals surface area contributed by atoms with E-state index in [0.29, 0.717) is 23.8 Å². The van der Waals surface area contributed by atoms with E-state index in [1.54, 1.807) is 18.2 Å². The maximum absolute atomic E-state index is 11.4. The van der Waals surface area contributed by atoms with Gasteiger partial charge in [-0.05, 0) is 50.1 Å². The minimum absolute atomic E-state index is 0.156. The second-order valence-corrected chi connectivity index (χ2v) is 9.52. The monoisotopic (exact) mass is 478 g/mol. The van der Waals surface area contributed by atoms with E-state index in [4.69, 9.17) is 9.72 Å². The van der Waals surface area contributed by atoms with Gasteiger partial charge in [0.15, 0.2) is 0 Å². The first kappa shape index (κ1) is 23.7. The average molecular weight is 479 g/mol. The molecular weight excluding hydrogens is 444 g/mol. The average Bonchev–Trinajstić information content (AvgIpc) is 3.22. The molecular formula is C26H34N6O3. The summed E-state index contributed by atoms with van der Waals surface area (Å²) in [4.78, 5) is 25.8. The number of fused-ring (bicyclic) bond motifs is 1. The lowest BCUT2D eigenvalue weighted by molar-refractivity contribution is 0.0322. The Hall–Kier alpha value is -3.01. The zero-order valence-electron chi connectivity index (χ0n) is 20.3. The van der Waals surface area contributed by atoms with E-state index in [0.717, 1.165) is 94.3 Å². The molecule has 2 aliphatic heterocycles. The van der Waals surface area contributed by atoms with Gasteiger partial charge in [-0.15, -0.1) is 0 Å². The Morgan fingerprint density at radius 1 is 1.06 bits per heavy atom. The van der Waals surface area contributed by atoms with E-state index in [-0.39, 0.29) is 5.75 Å². The van der Waals surface area contributed by atoms with E-state index in [2.05, 4.69) is 20.1 Å². The fourth-order valence-electron chi connectivity index (χ4n) is 4.94. The summed E-state index contributed by atoms with van der Waals surface area (Å²) in [7, 11) is 0. The van der Waals surface area contributed by atoms with Crippen molar-refractivity contribution in [2.45, 2.75) is 32.4 Å². The molecule has 0 spiro atoms. The molecule has 0 amide bonds. The first-order chi connectivity index (χ1) is 17.1. The van der Waals surface area contributed by atoms with Crippen molar-refractivity contribution in [3.8, 4) is 5.75 Å². The standard InChI is InChI=1S/C26H34N6O3/c1-19-2-5-25(34)23(27-19)17-32-24-16-20(18-33)3-4-22(24)29-26(32)28-21-6-8-30(9-7-21)10-11-31-12-14-35-15-13-31/h2-5,16,18,21,34H,6-15,17H2,1H3,(H,28,29). The summed E-state index contributed by atoms with van der Waals surface area (Å²) in [5, 5.41) is 14.1. The van der Waals surface area contributed by atoms with Crippen LogP contribution in [0.4, 0.5) is 5.95 Å². The van der Waals surface area contributed by atoms with Crippen LogP contribution in [0.25, 0.3) is 11.0 Å². The molecule has 1 aromatic carbocycles. The molecule has 2 saturated heterocycles. The predicted molar refractivity (Wildman–Crippen MR) is 135 cm³/mol. The number of aryl methyl sites for hydroxylation is 1. The van der Waals surface area contributed by atoms with Crippen LogP contribution in [0.15, 0.2) is 30.3 Å². The largest absolute Gasteiger partial charge is 0.506 e. The highest BCUT2D eigenvalue weighted by Crippen LogP contribution is 2.26. The summed E-state index contributed by atoms with van der Waals surface area (Å²) in [5.74, 6) is 0.904. The summed E-state index contributed by atoms with van der Waals surface area (Å²) in [6.45, 7) is 10.3. The molecule has 35 heavy (non-hydrogen) atoms. The quantitative estimate of drug-likeness (QED) is 0.477. The van der Waals surface area contributed by atoms with Gasteiger partial charge >= 0.3 is 0 Å². The Balaban J connectivity index is 1.29. The fraction of sp³-hybridized carbons (Fsp3) is 0.500. The fourth-order valence-corrected chi connectivity index (χ4v) is 4.94. The summed E-state index contributed by atoms with van der Waals surface area (Å²) < 4.78 is 7.47. The number of carbonyl (C=O) groups excluding carboxylic acids is 1. The summed E-state index contributed by atoms with van der Waals surface area (Å²) >= 11 is 0. The number of benzene rings is 1. The number of likely N-dealkylation sites (tertiary alicyclic amines) is 1. The molecule has 0 atom stereocenters. The van der Waals surface area contributed by atoms with Crippen molar-refractivity contribution in [2.24, 2.45) is 0 Å². The van der Waals surface area contributed by atoms with Crippen LogP contribution < -0.4 is 5.32 Å². The zero-order chi connectivity index (χ0) is 24.2. The summed E-state index contributed by atoms with van der Waals surface area (Å²) in [6.07, 6.45) is 2.93. The number of carbonyl (C=O) groups is 1. The molecule has 0 radical (unpaired) electrons. The van der Waals surface area contributed by atoms with Crippen molar-refractivity contribution in [3.63, 3.8) is 0 Å². The molecule has 0 aliphatic carbocycles. The van der Waals surface area contributed by atoms with Crippen molar-refractivity contribution in [1.82, 2.24) is 24.3 Å². The third-order valence-electron chi connectivity index (χ3n) is 7.06. The van der Waals surface area contributed by atoms with Gasteiger partial charge in [0, 0.05) is 56.6 Å². The maximum Gasteiger partial charge on any atom is 0.204 e. The number of hydrogen-bond acceptors (Lipinski definition) is 8. The van der Waals surface area contributed by atoms with Crippen molar-refractivity contribution < 1.29 is 14.6 Å². The number of aldehydes is 1. The Bertz CT molecular complexity index is 1170. The SMILES string of the molecule is Cc1ccc(O)c(Cn2c(NC3CCN(CCN4CCOCC4)CC3)nc3ccc(C=O)cc32)n1. The van der Waals surface area contributed by atoms with E-state index in [1.165, 1.54) is 0 Å². The second kappa shape index (κ2) is 10.7. The van der Waals surface area contributed by atoms with Crippen LogP contribution in [0.3, 0.4) is 0 Å². The smallest absolute Gasteiger partial charge is 0.204 e. The van der Waals surface area contributed by atoms with Crippen molar-refractivity contribution in [2.75, 3.05) is 57.8 Å². The first-order valence-electron chi connectivity index (χ1n) is 12.5. The second-order valence-electron chi connectivity index (χ2n) is 9.52. The lowest BCUT2D eigenvalue weighted by Crippen LogP contribution is -2.45. The normalized spacial score (nSPS) is 18.2. The molecule has 0 unspecified atom stereocenters. The van der Waals surface area contributed by atoms with E-state index in [1.807, 2.05) is 23.6 Å². The highest BCUT2D eigenvalue weighted by molar-refractivity contribution is 5.86. The van der Waals surface area contributed by atoms with Gasteiger partial charge in [0.2, 0.25) is 5.95 Å². The molecule has 2 aliphatic rings. The summed E-state index contributed by atoms with van der Waals surface area (Å²) in [5.41, 5.74) is 3.69. The van der Waals surface area contributed by atoms with Gasteiger partial charge in [-0.3, -0.25) is 14.7 Å². The van der Waals surface area contributed by atoms with Crippen molar-refractivity contribution in [3.05, 3.63) is 47.3 Å². The van der Waals surface area contributed by atoms with Crippen molar-refractivity contribution >= 4 is 23.3 Å². The van der Waals surface area contributed by atoms with E-state index < -0.39 is 0 Å². The van der Waals surface area contributed by atoms with Gasteiger partial charge in [-0.1, -0.05) is 0 Å². The molecule has 9 heteroatoms. The first-order valence-corrected chi connectivity index (χ1v) is 12.5. The van der Waals surface area contributed by atoms with Crippen LogP contribution in [0, 0.1) is 6.92 Å². The Kier molecular flexibility index (Phi) is 7.26. The maximum atomic E-state index is 11.4. The predicted octanol–water partition coefficient (Wildman–Crippen LogP) is 2.51. The van der Waals surface area contributed by atoms with E-state index in [9.17, 15) is 9.90 Å². The lowest BCUT2D eigenvalue weighted by Gasteiger charge is -2.34. The minimum atomic E-state index is 0.156. The molecule has 4 heterocycles. The van der Waals surface area contributed by atoms with Gasteiger partial charge in [0.25, 0.3) is 0 Å². The van der Waals surface area contributed by atoms with Crippen LogP contribution in [-0.4, -0.2) is 94.3 Å². The Morgan fingerprint density at radius 3 is 2.54 bits per heavy atom. The number of hydrogen-bond donors (Lipinski definition) is 2. The number of ether oxygens (including phenoxy) is 1. The van der Waals surface area contributed by atoms with Crippen LogP contribution in [0.1, 0.15) is 34.6 Å². The number of piperidine rings is 1. The number of morpholine rings is 1. The molecule has 2 fully saturated rings. The highest BCUT2D eigenvalue weighted by atomic mass is 16.5. The summed E-state index contributed by atoms with van der Waals surface area (Å²) in [6, 6.07) is 9.29. The molecule has 5 rings (SSSR count). The molecule has 0 bridgehead atoms. The van der Waals surface area contributed by atoms with Gasteiger partial charge in [0.05, 0.1) is 30.8 Å².